The van der Waals surface area contributed by atoms with E-state index in [9.17, 15) is 0 Å². The monoisotopic (exact) mass is 296 g/mol. The van der Waals surface area contributed by atoms with Gasteiger partial charge in [0.15, 0.2) is 17.3 Å². The van der Waals surface area contributed by atoms with E-state index in [-0.39, 0.29) is 6.79 Å². The van der Waals surface area contributed by atoms with Crippen LogP contribution in [0.3, 0.4) is 0 Å². The minimum absolute atomic E-state index is 0.262. The number of pyridine rings is 1. The quantitative estimate of drug-likeness (QED) is 0.798. The largest absolute Gasteiger partial charge is 0.454 e. The predicted molar refractivity (Wildman–Crippen MR) is 82.8 cm³/mol. The Morgan fingerprint density at radius 2 is 2.05 bits per heavy atom. The number of aromatic nitrogens is 3. The SMILES string of the molecule is NCCCn1c(-c2ccccn2)nc2cc3c(cc21)OCO3. The lowest BCUT2D eigenvalue weighted by Gasteiger charge is -2.08. The summed E-state index contributed by atoms with van der Waals surface area (Å²) in [5.41, 5.74) is 8.41. The third-order valence-electron chi connectivity index (χ3n) is 3.72. The van der Waals surface area contributed by atoms with Crippen molar-refractivity contribution >= 4 is 11.0 Å². The summed E-state index contributed by atoms with van der Waals surface area (Å²) in [6.07, 6.45) is 2.65. The molecule has 4 rings (SSSR count). The molecule has 2 aromatic heterocycles. The molecule has 1 aliphatic rings. The molecule has 1 aromatic carbocycles. The van der Waals surface area contributed by atoms with Crippen molar-refractivity contribution in [1.82, 2.24) is 14.5 Å². The van der Waals surface area contributed by atoms with E-state index < -0.39 is 0 Å². The fourth-order valence-electron chi connectivity index (χ4n) is 2.68. The van der Waals surface area contributed by atoms with Crippen LogP contribution in [-0.2, 0) is 6.54 Å². The molecule has 0 unspecified atom stereocenters. The van der Waals surface area contributed by atoms with Crippen molar-refractivity contribution in [3.63, 3.8) is 0 Å². The van der Waals surface area contributed by atoms with Crippen LogP contribution in [0, 0.1) is 0 Å². The lowest BCUT2D eigenvalue weighted by molar-refractivity contribution is 0.174. The molecule has 0 saturated heterocycles. The van der Waals surface area contributed by atoms with Gasteiger partial charge in [0, 0.05) is 24.9 Å². The van der Waals surface area contributed by atoms with Gasteiger partial charge < -0.3 is 19.8 Å². The second kappa shape index (κ2) is 5.31. The highest BCUT2D eigenvalue weighted by Gasteiger charge is 2.20. The van der Waals surface area contributed by atoms with Gasteiger partial charge in [0.2, 0.25) is 6.79 Å². The number of rotatable bonds is 4. The van der Waals surface area contributed by atoms with Gasteiger partial charge in [-0.3, -0.25) is 4.98 Å². The molecule has 3 aromatic rings. The van der Waals surface area contributed by atoms with Crippen molar-refractivity contribution in [1.29, 1.82) is 0 Å². The third-order valence-corrected chi connectivity index (χ3v) is 3.72. The van der Waals surface area contributed by atoms with E-state index in [4.69, 9.17) is 20.2 Å². The van der Waals surface area contributed by atoms with Crippen LogP contribution in [0.25, 0.3) is 22.6 Å². The predicted octanol–water partition coefficient (Wildman–Crippen LogP) is 2.18. The van der Waals surface area contributed by atoms with Crippen LogP contribution in [0.5, 0.6) is 11.5 Å². The minimum Gasteiger partial charge on any atom is -0.454 e. The Kier molecular flexibility index (Phi) is 3.16. The minimum atomic E-state index is 0.262. The molecule has 22 heavy (non-hydrogen) atoms. The Morgan fingerprint density at radius 1 is 1.18 bits per heavy atom. The first-order valence-electron chi connectivity index (χ1n) is 7.28. The summed E-state index contributed by atoms with van der Waals surface area (Å²) < 4.78 is 13.1. The van der Waals surface area contributed by atoms with Crippen LogP contribution in [0.15, 0.2) is 36.5 Å². The van der Waals surface area contributed by atoms with E-state index in [1.165, 1.54) is 0 Å². The third kappa shape index (κ3) is 2.08. The van der Waals surface area contributed by atoms with Gasteiger partial charge in [0.1, 0.15) is 5.69 Å². The number of fused-ring (bicyclic) bond motifs is 2. The Bertz CT molecular complexity index is 814. The van der Waals surface area contributed by atoms with Crippen LogP contribution in [-0.4, -0.2) is 27.9 Å². The number of hydrogen-bond acceptors (Lipinski definition) is 5. The fraction of sp³-hybridized carbons (Fsp3) is 0.250. The summed E-state index contributed by atoms with van der Waals surface area (Å²) in [5, 5.41) is 0. The molecule has 0 spiro atoms. The molecule has 0 bridgehead atoms. The van der Waals surface area contributed by atoms with E-state index in [0.717, 1.165) is 47.0 Å². The van der Waals surface area contributed by atoms with Crippen molar-refractivity contribution in [2.75, 3.05) is 13.3 Å². The summed E-state index contributed by atoms with van der Waals surface area (Å²) >= 11 is 0. The highest BCUT2D eigenvalue weighted by atomic mass is 16.7. The number of nitrogens with two attached hydrogens (primary N) is 1. The molecule has 0 amide bonds. The summed E-state index contributed by atoms with van der Waals surface area (Å²) in [6, 6.07) is 9.71. The van der Waals surface area contributed by atoms with E-state index in [2.05, 4.69) is 9.55 Å². The van der Waals surface area contributed by atoms with E-state index in [1.807, 2.05) is 30.3 Å². The van der Waals surface area contributed by atoms with Crippen molar-refractivity contribution in [2.45, 2.75) is 13.0 Å². The van der Waals surface area contributed by atoms with Crippen LogP contribution in [0.4, 0.5) is 0 Å². The van der Waals surface area contributed by atoms with Gasteiger partial charge in [-0.2, -0.15) is 0 Å². The van der Waals surface area contributed by atoms with Gasteiger partial charge in [-0.05, 0) is 25.1 Å². The van der Waals surface area contributed by atoms with Crippen molar-refractivity contribution < 1.29 is 9.47 Å². The van der Waals surface area contributed by atoms with E-state index >= 15 is 0 Å². The Labute approximate surface area is 127 Å². The van der Waals surface area contributed by atoms with Gasteiger partial charge in [0.25, 0.3) is 0 Å². The van der Waals surface area contributed by atoms with Crippen molar-refractivity contribution in [3.05, 3.63) is 36.5 Å². The number of aryl methyl sites for hydroxylation is 1. The second-order valence-corrected chi connectivity index (χ2v) is 5.14. The highest BCUT2D eigenvalue weighted by molar-refractivity contribution is 5.84. The molecule has 0 atom stereocenters. The first-order chi connectivity index (χ1) is 10.9. The normalized spacial score (nSPS) is 13.0. The van der Waals surface area contributed by atoms with Crippen LogP contribution in [0.1, 0.15) is 6.42 Å². The van der Waals surface area contributed by atoms with Crippen molar-refractivity contribution in [3.8, 4) is 23.0 Å². The molecule has 6 heteroatoms. The van der Waals surface area contributed by atoms with Crippen LogP contribution < -0.4 is 15.2 Å². The number of hydrogen-bond donors (Lipinski definition) is 1. The standard InChI is InChI=1S/C16H16N4O2/c17-5-3-7-20-13-9-15-14(21-10-22-15)8-12(13)19-16(20)11-4-1-2-6-18-11/h1-2,4,6,8-9H,3,5,7,10,17H2. The van der Waals surface area contributed by atoms with Crippen LogP contribution in [0.2, 0.25) is 0 Å². The maximum absolute atomic E-state index is 5.67. The van der Waals surface area contributed by atoms with Gasteiger partial charge in [-0.1, -0.05) is 6.07 Å². The molecule has 1 aliphatic heterocycles. The summed E-state index contributed by atoms with van der Waals surface area (Å²) in [6.45, 7) is 1.68. The summed E-state index contributed by atoms with van der Waals surface area (Å²) in [7, 11) is 0. The lowest BCUT2D eigenvalue weighted by Crippen LogP contribution is -2.07. The lowest BCUT2D eigenvalue weighted by atomic mass is 10.2. The average Bonchev–Trinajstić information content (AvgIpc) is 3.15. The molecule has 0 radical (unpaired) electrons. The number of imidazole rings is 1. The van der Waals surface area contributed by atoms with Crippen LogP contribution >= 0.6 is 0 Å². The van der Waals surface area contributed by atoms with Gasteiger partial charge in [-0.15, -0.1) is 0 Å². The molecule has 0 aliphatic carbocycles. The molecular weight excluding hydrogens is 280 g/mol. The topological polar surface area (TPSA) is 75.2 Å². The average molecular weight is 296 g/mol. The maximum Gasteiger partial charge on any atom is 0.231 e. The van der Waals surface area contributed by atoms with E-state index in [0.29, 0.717) is 6.54 Å². The second-order valence-electron chi connectivity index (χ2n) is 5.14. The molecule has 3 heterocycles. The van der Waals surface area contributed by atoms with Gasteiger partial charge >= 0.3 is 0 Å². The smallest absolute Gasteiger partial charge is 0.231 e. The molecular formula is C16H16N4O2. The zero-order valence-corrected chi connectivity index (χ0v) is 12.0. The molecule has 0 saturated carbocycles. The zero-order valence-electron chi connectivity index (χ0n) is 12.0. The highest BCUT2D eigenvalue weighted by Crippen LogP contribution is 2.37. The fourth-order valence-corrected chi connectivity index (χ4v) is 2.68. The Hall–Kier alpha value is -2.60. The Balaban J connectivity index is 1.91. The zero-order chi connectivity index (χ0) is 14.9. The van der Waals surface area contributed by atoms with Gasteiger partial charge in [-0.25, -0.2) is 4.98 Å². The number of benzene rings is 1. The number of nitrogens with zero attached hydrogens (tertiary/aromatic N) is 3. The Morgan fingerprint density at radius 3 is 2.82 bits per heavy atom. The molecule has 112 valence electrons. The van der Waals surface area contributed by atoms with Gasteiger partial charge in [0.05, 0.1) is 11.0 Å². The first kappa shape index (κ1) is 13.1. The first-order valence-corrected chi connectivity index (χ1v) is 7.28. The van der Waals surface area contributed by atoms with E-state index in [1.54, 1.807) is 6.20 Å². The molecule has 2 N–H and O–H groups in total. The molecule has 0 fully saturated rings. The van der Waals surface area contributed by atoms with Crippen molar-refractivity contribution in [2.24, 2.45) is 5.73 Å². The summed E-state index contributed by atoms with van der Waals surface area (Å²) in [5.74, 6) is 2.34. The molecule has 6 nitrogen and oxygen atoms in total. The maximum atomic E-state index is 5.67. The number of ether oxygens (including phenoxy) is 2. The summed E-state index contributed by atoms with van der Waals surface area (Å²) in [4.78, 5) is 9.15.